The van der Waals surface area contributed by atoms with Gasteiger partial charge in [-0.2, -0.15) is 0 Å². The highest BCUT2D eigenvalue weighted by Gasteiger charge is 2.47. The van der Waals surface area contributed by atoms with Crippen molar-refractivity contribution >= 4 is 17.5 Å². The average molecular weight is 288 g/mol. The molecule has 2 amide bonds. The lowest BCUT2D eigenvalue weighted by Crippen LogP contribution is -2.35. The lowest BCUT2D eigenvalue weighted by Gasteiger charge is -2.19. The van der Waals surface area contributed by atoms with E-state index in [-0.39, 0.29) is 30.3 Å². The Hall–Kier alpha value is -2.04. The van der Waals surface area contributed by atoms with E-state index in [1.165, 1.54) is 4.90 Å². The van der Waals surface area contributed by atoms with Crippen molar-refractivity contribution in [1.82, 2.24) is 4.90 Å². The average Bonchev–Trinajstić information content (AvgIpc) is 2.78. The van der Waals surface area contributed by atoms with Crippen molar-refractivity contribution in [2.75, 3.05) is 19.1 Å². The Morgan fingerprint density at radius 3 is 2.19 bits per heavy atom. The maximum atomic E-state index is 12.3. The number of nitrogens with one attached hydrogen (secondary N) is 1. The van der Waals surface area contributed by atoms with E-state index in [9.17, 15) is 9.59 Å². The van der Waals surface area contributed by atoms with E-state index < -0.39 is 0 Å². The highest BCUT2D eigenvalue weighted by molar-refractivity contribution is 6.05. The second-order valence-corrected chi connectivity index (χ2v) is 5.67. The first-order valence-corrected chi connectivity index (χ1v) is 7.44. The molecule has 112 valence electrons. The molecule has 0 radical (unpaired) electrons. The molecular formula is C16H20N2O3. The minimum atomic E-state index is -0.0797. The van der Waals surface area contributed by atoms with Gasteiger partial charge in [-0.3, -0.25) is 14.5 Å². The summed E-state index contributed by atoms with van der Waals surface area (Å²) in [4.78, 5) is 26.0. The van der Waals surface area contributed by atoms with Crippen LogP contribution in [0, 0.1) is 11.8 Å². The predicted molar refractivity (Wildman–Crippen MR) is 78.8 cm³/mol. The molecule has 0 spiro atoms. The SMILES string of the molecule is COc1ccc(NCN2C(=O)C3CCCCC3C2=O)cc1. The third kappa shape index (κ3) is 2.60. The molecular weight excluding hydrogens is 268 g/mol. The number of ether oxygens (including phenoxy) is 1. The number of likely N-dealkylation sites (tertiary alicyclic amines) is 1. The van der Waals surface area contributed by atoms with E-state index in [4.69, 9.17) is 4.74 Å². The van der Waals surface area contributed by atoms with Crippen LogP contribution in [0.2, 0.25) is 0 Å². The van der Waals surface area contributed by atoms with Crippen LogP contribution >= 0.6 is 0 Å². The molecule has 0 aromatic heterocycles. The van der Waals surface area contributed by atoms with Gasteiger partial charge in [0, 0.05) is 5.69 Å². The normalized spacial score (nSPS) is 24.9. The summed E-state index contributed by atoms with van der Waals surface area (Å²) in [6.07, 6.45) is 3.82. The first kappa shape index (κ1) is 13.9. The van der Waals surface area contributed by atoms with Gasteiger partial charge in [0.1, 0.15) is 5.75 Å². The molecule has 2 unspecified atom stereocenters. The topological polar surface area (TPSA) is 58.6 Å². The Labute approximate surface area is 124 Å². The number of carbonyl (C=O) groups is 2. The predicted octanol–water partition coefficient (Wildman–Crippen LogP) is 2.24. The van der Waals surface area contributed by atoms with Crippen molar-refractivity contribution in [3.63, 3.8) is 0 Å². The molecule has 2 aliphatic rings. The maximum absolute atomic E-state index is 12.3. The zero-order valence-electron chi connectivity index (χ0n) is 12.2. The van der Waals surface area contributed by atoms with Crippen molar-refractivity contribution in [2.45, 2.75) is 25.7 Å². The minimum absolute atomic E-state index is 0.00860. The molecule has 2 fully saturated rings. The molecule has 1 aliphatic heterocycles. The highest BCUT2D eigenvalue weighted by Crippen LogP contribution is 2.37. The number of hydrogen-bond donors (Lipinski definition) is 1. The molecule has 1 aliphatic carbocycles. The number of anilines is 1. The third-order valence-corrected chi connectivity index (χ3v) is 4.46. The highest BCUT2D eigenvalue weighted by atomic mass is 16.5. The Kier molecular flexibility index (Phi) is 3.82. The fourth-order valence-electron chi connectivity index (χ4n) is 3.27. The third-order valence-electron chi connectivity index (χ3n) is 4.46. The Bertz CT molecular complexity index is 517. The van der Waals surface area contributed by atoms with Gasteiger partial charge in [0.15, 0.2) is 0 Å². The lowest BCUT2D eigenvalue weighted by molar-refractivity contribution is -0.139. The summed E-state index contributed by atoms with van der Waals surface area (Å²) >= 11 is 0. The molecule has 1 heterocycles. The first-order chi connectivity index (χ1) is 10.2. The minimum Gasteiger partial charge on any atom is -0.497 e. The first-order valence-electron chi connectivity index (χ1n) is 7.44. The van der Waals surface area contributed by atoms with Crippen LogP contribution in [-0.4, -0.2) is 30.5 Å². The fourth-order valence-corrected chi connectivity index (χ4v) is 3.27. The molecule has 1 aromatic rings. The van der Waals surface area contributed by atoms with Crippen LogP contribution in [-0.2, 0) is 9.59 Å². The van der Waals surface area contributed by atoms with Crippen molar-refractivity contribution in [3.8, 4) is 5.75 Å². The largest absolute Gasteiger partial charge is 0.497 e. The molecule has 1 N–H and O–H groups in total. The summed E-state index contributed by atoms with van der Waals surface area (Å²) in [5.41, 5.74) is 0.867. The number of hydrogen-bond acceptors (Lipinski definition) is 4. The summed E-state index contributed by atoms with van der Waals surface area (Å²) in [5.74, 6) is 0.601. The molecule has 3 rings (SSSR count). The number of nitrogens with zero attached hydrogens (tertiary/aromatic N) is 1. The number of rotatable bonds is 4. The van der Waals surface area contributed by atoms with E-state index in [1.807, 2.05) is 24.3 Å². The number of methoxy groups -OCH3 is 1. The summed E-state index contributed by atoms with van der Waals surface area (Å²) in [6.45, 7) is 0.247. The van der Waals surface area contributed by atoms with Gasteiger partial charge in [-0.25, -0.2) is 0 Å². The van der Waals surface area contributed by atoms with Crippen molar-refractivity contribution in [1.29, 1.82) is 0 Å². The summed E-state index contributed by atoms with van der Waals surface area (Å²) in [5, 5.41) is 3.14. The smallest absolute Gasteiger partial charge is 0.234 e. The van der Waals surface area contributed by atoms with E-state index >= 15 is 0 Å². The molecule has 21 heavy (non-hydrogen) atoms. The van der Waals surface area contributed by atoms with Gasteiger partial charge in [0.05, 0.1) is 25.6 Å². The number of carbonyl (C=O) groups excluding carboxylic acids is 2. The molecule has 2 atom stereocenters. The molecule has 5 nitrogen and oxygen atoms in total. The van der Waals surface area contributed by atoms with Gasteiger partial charge < -0.3 is 10.1 Å². The van der Waals surface area contributed by atoms with E-state index in [1.54, 1.807) is 7.11 Å². The Morgan fingerprint density at radius 2 is 1.67 bits per heavy atom. The van der Waals surface area contributed by atoms with E-state index in [0.717, 1.165) is 37.1 Å². The monoisotopic (exact) mass is 288 g/mol. The Balaban J connectivity index is 1.64. The van der Waals surface area contributed by atoms with Crippen molar-refractivity contribution < 1.29 is 14.3 Å². The molecule has 1 aromatic carbocycles. The number of amides is 2. The summed E-state index contributed by atoms with van der Waals surface area (Å²) in [6, 6.07) is 7.43. The summed E-state index contributed by atoms with van der Waals surface area (Å²) in [7, 11) is 1.62. The Morgan fingerprint density at radius 1 is 1.10 bits per heavy atom. The quantitative estimate of drug-likeness (QED) is 0.863. The van der Waals surface area contributed by atoms with E-state index in [2.05, 4.69) is 5.32 Å². The second-order valence-electron chi connectivity index (χ2n) is 5.67. The lowest BCUT2D eigenvalue weighted by atomic mass is 9.81. The van der Waals surface area contributed by atoms with Gasteiger partial charge in [0.2, 0.25) is 11.8 Å². The van der Waals surface area contributed by atoms with Gasteiger partial charge in [-0.05, 0) is 37.1 Å². The van der Waals surface area contributed by atoms with Crippen LogP contribution in [0.4, 0.5) is 5.69 Å². The van der Waals surface area contributed by atoms with E-state index in [0.29, 0.717) is 0 Å². The summed E-state index contributed by atoms with van der Waals surface area (Å²) < 4.78 is 5.10. The van der Waals surface area contributed by atoms with Crippen LogP contribution in [0.5, 0.6) is 5.75 Å². The number of fused-ring (bicyclic) bond motifs is 1. The zero-order chi connectivity index (χ0) is 14.8. The van der Waals surface area contributed by atoms with Gasteiger partial charge in [-0.1, -0.05) is 12.8 Å². The maximum Gasteiger partial charge on any atom is 0.234 e. The molecule has 0 bridgehead atoms. The molecule has 1 saturated heterocycles. The van der Waals surface area contributed by atoms with Gasteiger partial charge >= 0.3 is 0 Å². The van der Waals surface area contributed by atoms with Crippen molar-refractivity contribution in [2.24, 2.45) is 11.8 Å². The number of benzene rings is 1. The van der Waals surface area contributed by atoms with Crippen LogP contribution in [0.3, 0.4) is 0 Å². The van der Waals surface area contributed by atoms with Gasteiger partial charge in [0.25, 0.3) is 0 Å². The zero-order valence-corrected chi connectivity index (χ0v) is 12.2. The van der Waals surface area contributed by atoms with Crippen LogP contribution in [0.25, 0.3) is 0 Å². The van der Waals surface area contributed by atoms with Gasteiger partial charge in [-0.15, -0.1) is 0 Å². The standard InChI is InChI=1S/C16H20N2O3/c1-21-12-8-6-11(7-9-12)17-10-18-15(19)13-4-2-3-5-14(13)16(18)20/h6-9,13-14,17H,2-5,10H2,1H3. The van der Waals surface area contributed by atoms with Crippen LogP contribution < -0.4 is 10.1 Å². The second kappa shape index (κ2) is 5.76. The van der Waals surface area contributed by atoms with Crippen LogP contribution in [0.15, 0.2) is 24.3 Å². The van der Waals surface area contributed by atoms with Crippen molar-refractivity contribution in [3.05, 3.63) is 24.3 Å². The number of imide groups is 1. The van der Waals surface area contributed by atoms with Crippen LogP contribution in [0.1, 0.15) is 25.7 Å². The fraction of sp³-hybridized carbons (Fsp3) is 0.500. The molecule has 1 saturated carbocycles. The molecule has 5 heteroatoms.